The maximum Gasteiger partial charge on any atom is 0.240 e. The molecule has 0 N–H and O–H groups in total. The first-order valence-corrected chi connectivity index (χ1v) is 7.93. The van der Waals surface area contributed by atoms with Crippen LogP contribution in [0.3, 0.4) is 0 Å². The van der Waals surface area contributed by atoms with Gasteiger partial charge in [0.15, 0.2) is 0 Å². The van der Waals surface area contributed by atoms with Crippen molar-refractivity contribution in [2.45, 2.75) is 51.5 Å². The van der Waals surface area contributed by atoms with Crippen LogP contribution in [0.2, 0.25) is 0 Å². The van der Waals surface area contributed by atoms with Crippen molar-refractivity contribution in [2.75, 3.05) is 39.4 Å². The van der Waals surface area contributed by atoms with E-state index in [0.717, 1.165) is 32.6 Å². The quantitative estimate of drug-likeness (QED) is 0.714. The molecule has 0 aromatic carbocycles. The van der Waals surface area contributed by atoms with E-state index in [1.54, 1.807) is 0 Å². The standard InChI is InChI=1S/C15H28N2O2/c1-2-3-5-8-16-9-6-4-7-14(16)15(18)17-10-12-19-13-11-17/h14H,2-13H2,1H3. The van der Waals surface area contributed by atoms with E-state index in [-0.39, 0.29) is 6.04 Å². The molecule has 2 heterocycles. The fraction of sp³-hybridized carbons (Fsp3) is 0.933. The lowest BCUT2D eigenvalue weighted by atomic mass is 10.00. The molecule has 110 valence electrons. The Balaban J connectivity index is 1.88. The number of rotatable bonds is 5. The van der Waals surface area contributed by atoms with E-state index in [9.17, 15) is 4.79 Å². The summed E-state index contributed by atoms with van der Waals surface area (Å²) in [4.78, 5) is 17.1. The Morgan fingerprint density at radius 1 is 1.16 bits per heavy atom. The molecule has 1 unspecified atom stereocenters. The summed E-state index contributed by atoms with van der Waals surface area (Å²) in [7, 11) is 0. The fourth-order valence-corrected chi connectivity index (χ4v) is 3.10. The van der Waals surface area contributed by atoms with Gasteiger partial charge in [0.05, 0.1) is 19.3 Å². The topological polar surface area (TPSA) is 32.8 Å². The molecule has 1 amide bonds. The van der Waals surface area contributed by atoms with Gasteiger partial charge in [-0.1, -0.05) is 26.2 Å². The maximum absolute atomic E-state index is 12.6. The van der Waals surface area contributed by atoms with Crippen LogP contribution in [0.5, 0.6) is 0 Å². The lowest BCUT2D eigenvalue weighted by Gasteiger charge is -2.38. The third-order valence-electron chi connectivity index (χ3n) is 4.27. The number of carbonyl (C=O) groups is 1. The van der Waals surface area contributed by atoms with Crippen molar-refractivity contribution in [1.82, 2.24) is 9.80 Å². The van der Waals surface area contributed by atoms with Crippen LogP contribution in [0.25, 0.3) is 0 Å². The molecule has 0 aromatic rings. The summed E-state index contributed by atoms with van der Waals surface area (Å²) in [5.41, 5.74) is 0. The second-order valence-corrected chi connectivity index (χ2v) is 5.69. The number of piperidine rings is 1. The molecule has 0 spiro atoms. The number of unbranched alkanes of at least 4 members (excludes halogenated alkanes) is 2. The van der Waals surface area contributed by atoms with Crippen LogP contribution in [0.15, 0.2) is 0 Å². The average molecular weight is 268 g/mol. The fourth-order valence-electron chi connectivity index (χ4n) is 3.10. The van der Waals surface area contributed by atoms with Crippen LogP contribution in [-0.4, -0.2) is 61.1 Å². The minimum atomic E-state index is 0.142. The normalized spacial score (nSPS) is 25.5. The van der Waals surface area contributed by atoms with E-state index < -0.39 is 0 Å². The molecule has 2 rings (SSSR count). The van der Waals surface area contributed by atoms with E-state index in [1.165, 1.54) is 32.1 Å². The zero-order chi connectivity index (χ0) is 13.5. The van der Waals surface area contributed by atoms with Gasteiger partial charge < -0.3 is 9.64 Å². The third-order valence-corrected chi connectivity index (χ3v) is 4.27. The number of carbonyl (C=O) groups excluding carboxylic acids is 1. The van der Waals surface area contributed by atoms with Gasteiger partial charge in [-0.3, -0.25) is 9.69 Å². The first kappa shape index (κ1) is 14.8. The van der Waals surface area contributed by atoms with Gasteiger partial charge in [-0.05, 0) is 32.4 Å². The van der Waals surface area contributed by atoms with Crippen LogP contribution in [0.1, 0.15) is 45.4 Å². The summed E-state index contributed by atoms with van der Waals surface area (Å²) in [5.74, 6) is 0.347. The summed E-state index contributed by atoms with van der Waals surface area (Å²) in [6.45, 7) is 7.38. The van der Waals surface area contributed by atoms with Crippen LogP contribution in [-0.2, 0) is 9.53 Å². The van der Waals surface area contributed by atoms with E-state index in [2.05, 4.69) is 11.8 Å². The van der Waals surface area contributed by atoms with Crippen molar-refractivity contribution < 1.29 is 9.53 Å². The molecule has 2 fully saturated rings. The van der Waals surface area contributed by atoms with Gasteiger partial charge in [0.25, 0.3) is 0 Å². The Kier molecular flexibility index (Phi) is 6.11. The van der Waals surface area contributed by atoms with Crippen molar-refractivity contribution >= 4 is 5.91 Å². The molecule has 0 aromatic heterocycles. The van der Waals surface area contributed by atoms with Gasteiger partial charge in [-0.15, -0.1) is 0 Å². The molecule has 2 saturated heterocycles. The minimum Gasteiger partial charge on any atom is -0.378 e. The van der Waals surface area contributed by atoms with Gasteiger partial charge >= 0.3 is 0 Å². The lowest BCUT2D eigenvalue weighted by Crippen LogP contribution is -2.53. The molecule has 0 saturated carbocycles. The van der Waals surface area contributed by atoms with E-state index >= 15 is 0 Å². The Labute approximate surface area is 117 Å². The molecule has 19 heavy (non-hydrogen) atoms. The Bertz CT molecular complexity index is 277. The summed E-state index contributed by atoms with van der Waals surface area (Å²) < 4.78 is 5.34. The number of morpholine rings is 1. The highest BCUT2D eigenvalue weighted by Gasteiger charge is 2.31. The van der Waals surface area contributed by atoms with Crippen molar-refractivity contribution in [3.05, 3.63) is 0 Å². The monoisotopic (exact) mass is 268 g/mol. The number of ether oxygens (including phenoxy) is 1. The largest absolute Gasteiger partial charge is 0.378 e. The van der Waals surface area contributed by atoms with Gasteiger partial charge in [0, 0.05) is 13.1 Å². The first-order chi connectivity index (χ1) is 9.33. The van der Waals surface area contributed by atoms with Gasteiger partial charge in [0.1, 0.15) is 0 Å². The van der Waals surface area contributed by atoms with E-state index in [0.29, 0.717) is 19.1 Å². The van der Waals surface area contributed by atoms with Crippen LogP contribution in [0.4, 0.5) is 0 Å². The molecule has 2 aliphatic rings. The molecule has 0 radical (unpaired) electrons. The van der Waals surface area contributed by atoms with E-state index in [4.69, 9.17) is 4.74 Å². The van der Waals surface area contributed by atoms with Gasteiger partial charge in [-0.25, -0.2) is 0 Å². The number of amides is 1. The maximum atomic E-state index is 12.6. The van der Waals surface area contributed by atoms with Crippen molar-refractivity contribution in [1.29, 1.82) is 0 Å². The predicted molar refractivity (Wildman–Crippen MR) is 76.1 cm³/mol. The molecule has 4 nitrogen and oxygen atoms in total. The molecule has 0 bridgehead atoms. The summed E-state index contributed by atoms with van der Waals surface area (Å²) in [6.07, 6.45) is 7.24. The third kappa shape index (κ3) is 4.18. The zero-order valence-corrected chi connectivity index (χ0v) is 12.3. The summed E-state index contributed by atoms with van der Waals surface area (Å²) in [5, 5.41) is 0. The molecular weight excluding hydrogens is 240 g/mol. The highest BCUT2D eigenvalue weighted by Crippen LogP contribution is 2.20. The summed E-state index contributed by atoms with van der Waals surface area (Å²) in [6, 6.07) is 0.142. The molecule has 2 aliphatic heterocycles. The molecule has 4 heteroatoms. The van der Waals surface area contributed by atoms with Crippen molar-refractivity contribution in [3.63, 3.8) is 0 Å². The van der Waals surface area contributed by atoms with Crippen LogP contribution in [0, 0.1) is 0 Å². The Morgan fingerprint density at radius 3 is 2.68 bits per heavy atom. The number of likely N-dealkylation sites (tertiary alicyclic amines) is 1. The Hall–Kier alpha value is -0.610. The Morgan fingerprint density at radius 2 is 1.95 bits per heavy atom. The second-order valence-electron chi connectivity index (χ2n) is 5.69. The van der Waals surface area contributed by atoms with Crippen LogP contribution < -0.4 is 0 Å². The second kappa shape index (κ2) is 7.85. The van der Waals surface area contributed by atoms with Gasteiger partial charge in [-0.2, -0.15) is 0 Å². The number of hydrogen-bond acceptors (Lipinski definition) is 3. The van der Waals surface area contributed by atoms with Gasteiger partial charge in [0.2, 0.25) is 5.91 Å². The molecular formula is C15H28N2O2. The number of nitrogens with zero attached hydrogens (tertiary/aromatic N) is 2. The first-order valence-electron chi connectivity index (χ1n) is 7.93. The predicted octanol–water partition coefficient (Wildman–Crippen LogP) is 1.89. The average Bonchev–Trinajstić information content (AvgIpc) is 2.48. The van der Waals surface area contributed by atoms with Crippen molar-refractivity contribution in [2.24, 2.45) is 0 Å². The SMILES string of the molecule is CCCCCN1CCCCC1C(=O)N1CCOCC1. The highest BCUT2D eigenvalue weighted by molar-refractivity contribution is 5.82. The van der Waals surface area contributed by atoms with Crippen molar-refractivity contribution in [3.8, 4) is 0 Å². The minimum absolute atomic E-state index is 0.142. The number of hydrogen-bond donors (Lipinski definition) is 0. The highest BCUT2D eigenvalue weighted by atomic mass is 16.5. The zero-order valence-electron chi connectivity index (χ0n) is 12.3. The molecule has 1 atom stereocenters. The van der Waals surface area contributed by atoms with Crippen LogP contribution >= 0.6 is 0 Å². The summed E-state index contributed by atoms with van der Waals surface area (Å²) >= 11 is 0. The lowest BCUT2D eigenvalue weighted by molar-refractivity contribution is -0.142. The molecule has 0 aliphatic carbocycles. The van der Waals surface area contributed by atoms with E-state index in [1.807, 2.05) is 4.90 Å². The smallest absolute Gasteiger partial charge is 0.240 e.